The molecule has 3 saturated heterocycles. The number of hydrogen-bond acceptors (Lipinski definition) is 21. The average Bonchev–Trinajstić information content (AvgIpc) is 0.816. The summed E-state index contributed by atoms with van der Waals surface area (Å²) in [5.74, 6) is -0.688. The Hall–Kier alpha value is -4.81. The van der Waals surface area contributed by atoms with Crippen molar-refractivity contribution in [3.63, 3.8) is 0 Å². The number of aromatic nitrogens is 4. The Morgan fingerprint density at radius 3 is 1.22 bits per heavy atom. The van der Waals surface area contributed by atoms with Gasteiger partial charge in [0.05, 0.1) is 68.9 Å². The first-order chi connectivity index (χ1) is 52.6. The first-order valence-electron chi connectivity index (χ1n) is 35.2. The second-order valence-electron chi connectivity index (χ2n) is 26.1. The molecule has 0 saturated carbocycles. The number of benzene rings is 7. The van der Waals surface area contributed by atoms with Crippen molar-refractivity contribution >= 4 is 143 Å². The molecule has 15 atom stereocenters. The molecule has 0 unspecified atom stereocenters. The zero-order valence-corrected chi connectivity index (χ0v) is 70.4. The van der Waals surface area contributed by atoms with Crippen LogP contribution < -0.4 is 5.73 Å². The number of carbonyl (C=O) groups is 1. The number of aliphatic carboxylic acids is 1. The maximum absolute atomic E-state index is 11.4. The molecular formula is C79H89Cl7N5O14PS4. The predicted octanol–water partition coefficient (Wildman–Crippen LogP) is 18.8. The fourth-order valence-electron chi connectivity index (χ4n) is 12.8. The van der Waals surface area contributed by atoms with Crippen molar-refractivity contribution in [2.75, 3.05) is 12.9 Å². The number of carboxylic acid groups (broad SMARTS) is 1. The van der Waals surface area contributed by atoms with E-state index in [0.29, 0.717) is 74.9 Å². The molecule has 31 heteroatoms. The Labute approximate surface area is 694 Å². The molecule has 3 fully saturated rings. The maximum Gasteiger partial charge on any atom is 0.339 e. The number of ether oxygens (including phenoxy) is 7. The summed E-state index contributed by atoms with van der Waals surface area (Å²) in [7, 11) is 0. The molecule has 592 valence electrons. The molecule has 0 aliphatic carbocycles. The molecule has 9 aromatic rings. The van der Waals surface area contributed by atoms with Gasteiger partial charge in [-0.1, -0.05) is 267 Å². The second kappa shape index (κ2) is 45.5. The number of aliphatic hydroxyl groups excluding tert-OH is 4. The summed E-state index contributed by atoms with van der Waals surface area (Å²) >= 11 is 47.8. The van der Waals surface area contributed by atoms with Crippen molar-refractivity contribution in [3.8, 4) is 0 Å². The van der Waals surface area contributed by atoms with Gasteiger partial charge in [-0.15, -0.1) is 20.4 Å². The highest BCUT2D eigenvalue weighted by Gasteiger charge is 2.48. The van der Waals surface area contributed by atoms with Crippen LogP contribution in [0.15, 0.2) is 180 Å². The van der Waals surface area contributed by atoms with Gasteiger partial charge < -0.3 is 64.4 Å². The molecule has 2 aromatic heterocycles. The first-order valence-corrected chi connectivity index (χ1v) is 44.4. The predicted molar refractivity (Wildman–Crippen MR) is 442 cm³/mol. The average molecular weight is 1740 g/mol. The van der Waals surface area contributed by atoms with Crippen molar-refractivity contribution in [1.82, 2.24) is 20.4 Å². The summed E-state index contributed by atoms with van der Waals surface area (Å²) in [6.07, 6.45) is -3.38. The van der Waals surface area contributed by atoms with Crippen LogP contribution in [0.1, 0.15) is 131 Å². The van der Waals surface area contributed by atoms with Gasteiger partial charge in [0.15, 0.2) is 4.34 Å². The first kappa shape index (κ1) is 90.7. The van der Waals surface area contributed by atoms with Gasteiger partial charge in [-0.3, -0.25) is 9.36 Å². The number of halogens is 7. The van der Waals surface area contributed by atoms with Gasteiger partial charge in [0.25, 0.3) is 0 Å². The van der Waals surface area contributed by atoms with E-state index in [0.717, 1.165) is 71.7 Å². The fraction of sp³-hybridized carbons (Fsp3) is 0.392. The van der Waals surface area contributed by atoms with Crippen LogP contribution in [-0.2, 0) is 88.2 Å². The zero-order valence-electron chi connectivity index (χ0n) is 61.0. The smallest absolute Gasteiger partial charge is 0.339 e. The Kier molecular flexibility index (Phi) is 37.5. The monoisotopic (exact) mass is 1740 g/mol. The number of thiocarbonyl (C=S) groups is 1. The molecule has 0 spiro atoms. The maximum atomic E-state index is 11.4. The van der Waals surface area contributed by atoms with Crippen molar-refractivity contribution in [1.29, 1.82) is 0 Å². The summed E-state index contributed by atoms with van der Waals surface area (Å²) in [5.41, 5.74) is 14.0. The number of rotatable bonds is 25. The van der Waals surface area contributed by atoms with Gasteiger partial charge in [0.2, 0.25) is 4.47 Å². The third kappa shape index (κ3) is 28.0. The van der Waals surface area contributed by atoms with Crippen LogP contribution in [-0.4, -0.2) is 131 Å². The lowest BCUT2D eigenvalue weighted by atomic mass is 9.84. The van der Waals surface area contributed by atoms with E-state index in [1.165, 1.54) is 34.4 Å². The lowest BCUT2D eigenvalue weighted by Crippen LogP contribution is -2.55. The van der Waals surface area contributed by atoms with E-state index in [2.05, 4.69) is 136 Å². The molecule has 110 heavy (non-hydrogen) atoms. The third-order valence-electron chi connectivity index (χ3n) is 18.2. The van der Waals surface area contributed by atoms with E-state index in [4.69, 9.17) is 85.3 Å². The number of carboxylic acids is 1. The molecule has 3 aliphatic rings. The van der Waals surface area contributed by atoms with E-state index in [1.54, 1.807) is 31.2 Å². The minimum absolute atomic E-state index is 0.0217. The summed E-state index contributed by atoms with van der Waals surface area (Å²) in [5, 5.41) is 65.2. The molecule has 7 aromatic carbocycles. The molecule has 0 amide bonds. The Morgan fingerprint density at radius 2 is 0.873 bits per heavy atom. The van der Waals surface area contributed by atoms with Crippen LogP contribution in [0.3, 0.4) is 0 Å². The highest BCUT2D eigenvalue weighted by Crippen LogP contribution is 2.61. The Bertz CT molecular complexity index is 4330. The van der Waals surface area contributed by atoms with Gasteiger partial charge in [0.1, 0.15) is 65.0 Å². The van der Waals surface area contributed by atoms with Crippen LogP contribution in [0.5, 0.6) is 0 Å². The second-order valence-corrected chi connectivity index (χ2v) is 38.4. The van der Waals surface area contributed by atoms with Crippen LogP contribution in [0, 0.1) is 11.8 Å². The summed E-state index contributed by atoms with van der Waals surface area (Å²) in [6.45, 7) is 11.7. The van der Waals surface area contributed by atoms with Crippen LogP contribution >= 0.6 is 132 Å². The van der Waals surface area contributed by atoms with Crippen LogP contribution in [0.2, 0.25) is 19.5 Å². The molecule has 12 rings (SSSR count). The molecule has 0 bridgehead atoms. The Morgan fingerprint density at radius 1 is 0.527 bits per heavy atom. The quantitative estimate of drug-likeness (QED) is 0.0176. The fourth-order valence-corrected chi connectivity index (χ4v) is 15.6. The minimum atomic E-state index is -3.22. The summed E-state index contributed by atoms with van der Waals surface area (Å²) < 4.78 is 56.2. The molecule has 5 heterocycles. The van der Waals surface area contributed by atoms with E-state index in [-0.39, 0.29) is 54.9 Å². The van der Waals surface area contributed by atoms with Crippen molar-refractivity contribution in [2.24, 2.45) is 17.6 Å². The van der Waals surface area contributed by atoms with Gasteiger partial charge in [-0.05, 0) is 145 Å². The zero-order chi connectivity index (χ0) is 79.6. The number of nitrogens with two attached hydrogens (primary N) is 1. The SMILES string of the molecule is CC(N)=S.CC[C@H]1O[C@@H](c2ccc(Cl)c(CC(=O)O)c2)[C@H](OCc2ccccc2)[C@@H](OCc2ccccc2)[C@@H]1C.CC[C@H]1O[C@@H](c2ccc(Cl)c(Cc3nnc(Cl)s3)c2)[C@H](OCc2ccccc2)[C@@H](OCc2ccccc2)[C@@H]1C.CSc1nnc(Cc2cc([C@@H]3O[C@H](CO)[C@@H](O)[C@H](O)[C@H]3O)ccc2Cl)s1.O=P(Cl)(Cl)Cl. The van der Waals surface area contributed by atoms with Crippen molar-refractivity contribution in [2.45, 2.75) is 177 Å². The van der Waals surface area contributed by atoms with E-state index in [1.807, 2.05) is 115 Å². The topological polar surface area (TPSA) is 277 Å². The van der Waals surface area contributed by atoms with Gasteiger partial charge in [-0.2, -0.15) is 0 Å². The number of thioether (sulfide) groups is 1. The third-order valence-corrected chi connectivity index (χ3v) is 22.2. The van der Waals surface area contributed by atoms with Crippen LogP contribution in [0.4, 0.5) is 0 Å². The molecule has 7 N–H and O–H groups in total. The van der Waals surface area contributed by atoms with Crippen molar-refractivity contribution in [3.05, 3.63) is 261 Å². The summed E-state index contributed by atoms with van der Waals surface area (Å²) in [6, 6.07) is 57.3. The van der Waals surface area contributed by atoms with E-state index < -0.39 is 60.5 Å². The standard InChI is InChI=1S/C31H32Cl2N2O3S.C30H33ClO5.C16H19ClN2O5S2.C2H5NS.Cl3OP/c1-3-26-20(2)28(36-18-21-10-6-4-7-11-21)30(37-19-22-12-8-5-9-13-22)29(38-26)23-14-15-25(32)24(16-23)17-27-34-35-31(33)39-27;1-3-26-20(2)28(34-18-21-10-6-4-7-11-21)30(35-19-22-12-8-5-9-13-22)29(36-26)23-14-15-25(31)24(16-23)17-27(32)33;1-25-16-19-18-11(26-16)5-8-4-7(2-3-9(8)17)15-14(23)13(22)12(21)10(6-20)24-15;1-2(3)4;1-5(2,3)4/h4-16,20,26,28-30H,3,17-19H2,1-2H3;4-16,20,26,28-30H,3,17-19H2,1-2H3,(H,32,33);2-4,10,12-15,20-23H,5-6H2,1H3;1H3,(H2,3,4);/t2*20-,26-,28+,29+,30-;10-,12-,13+,14-,15+;;/m111../s1. The number of hydrogen-bond donors (Lipinski definition) is 6. The Balaban J connectivity index is 0.000000199. The van der Waals surface area contributed by atoms with E-state index in [9.17, 15) is 34.9 Å². The number of nitrogens with zero attached hydrogens (tertiary/aromatic N) is 4. The van der Waals surface area contributed by atoms with Crippen molar-refractivity contribution < 1.29 is 68.1 Å². The highest BCUT2D eigenvalue weighted by atomic mass is 36.0. The molecule has 0 radical (unpaired) electrons. The van der Waals surface area contributed by atoms with Gasteiger partial charge in [-0.25, -0.2) is 0 Å². The number of aliphatic hydroxyl groups is 4. The van der Waals surface area contributed by atoms with Gasteiger partial charge >= 0.3 is 11.2 Å². The van der Waals surface area contributed by atoms with Gasteiger partial charge in [0, 0.05) is 39.7 Å². The normalized spacial score (nSPS) is 23.7. The largest absolute Gasteiger partial charge is 0.481 e. The molecule has 3 aliphatic heterocycles. The summed E-state index contributed by atoms with van der Waals surface area (Å²) in [4.78, 5) is 11.9. The highest BCUT2D eigenvalue weighted by molar-refractivity contribution is 8.24. The lowest BCUT2D eigenvalue weighted by Gasteiger charge is -2.46. The molecular weight excluding hydrogens is 1650 g/mol. The molecule has 19 nitrogen and oxygen atoms in total. The van der Waals surface area contributed by atoms with E-state index >= 15 is 0 Å². The van der Waals surface area contributed by atoms with Crippen LogP contribution in [0.25, 0.3) is 0 Å². The minimum Gasteiger partial charge on any atom is -0.481 e. The lowest BCUT2D eigenvalue weighted by molar-refractivity contribution is -0.234.